The topological polar surface area (TPSA) is 65.4 Å². The molecule has 2 atom stereocenters. The lowest BCUT2D eigenvalue weighted by Gasteiger charge is -2.27. The third-order valence-corrected chi connectivity index (χ3v) is 5.10. The summed E-state index contributed by atoms with van der Waals surface area (Å²) in [6.07, 6.45) is 4.27. The van der Waals surface area contributed by atoms with Crippen LogP contribution in [0.1, 0.15) is 23.0 Å². The zero-order valence-electron chi connectivity index (χ0n) is 16.0. The highest BCUT2D eigenvalue weighted by Gasteiger charge is 2.29. The zero-order valence-corrected chi connectivity index (χ0v) is 16.0. The second-order valence-corrected chi connectivity index (χ2v) is 6.93. The van der Waals surface area contributed by atoms with E-state index in [0.717, 1.165) is 28.5 Å². The SMILES string of the molecule is COc1ccc([C@H](NC(=O)[C@H]2COc3ccccc3C2)c2nccn2C)cc1. The molecule has 1 aliphatic heterocycles. The van der Waals surface area contributed by atoms with Crippen molar-refractivity contribution >= 4 is 5.91 Å². The number of aryl methyl sites for hydroxylation is 1. The van der Waals surface area contributed by atoms with Gasteiger partial charge in [-0.15, -0.1) is 0 Å². The van der Waals surface area contributed by atoms with Crippen molar-refractivity contribution in [2.75, 3.05) is 13.7 Å². The van der Waals surface area contributed by atoms with Crippen LogP contribution in [0.4, 0.5) is 0 Å². The van der Waals surface area contributed by atoms with Gasteiger partial charge in [0.2, 0.25) is 5.91 Å². The van der Waals surface area contributed by atoms with Gasteiger partial charge in [0.15, 0.2) is 0 Å². The molecule has 144 valence electrons. The number of ether oxygens (including phenoxy) is 2. The molecule has 4 rings (SSSR count). The molecule has 3 aromatic rings. The van der Waals surface area contributed by atoms with E-state index in [2.05, 4.69) is 10.3 Å². The number of hydrogen-bond acceptors (Lipinski definition) is 4. The van der Waals surface area contributed by atoms with Gasteiger partial charge in [-0.3, -0.25) is 4.79 Å². The maximum atomic E-state index is 13.1. The van der Waals surface area contributed by atoms with E-state index in [9.17, 15) is 4.79 Å². The van der Waals surface area contributed by atoms with Gasteiger partial charge < -0.3 is 19.4 Å². The molecule has 0 radical (unpaired) electrons. The van der Waals surface area contributed by atoms with E-state index in [1.54, 1.807) is 13.3 Å². The number of amides is 1. The van der Waals surface area contributed by atoms with Crippen molar-refractivity contribution in [1.29, 1.82) is 0 Å². The molecule has 0 spiro atoms. The fourth-order valence-electron chi connectivity index (χ4n) is 3.51. The van der Waals surface area contributed by atoms with Gasteiger partial charge >= 0.3 is 0 Å². The molecule has 0 fully saturated rings. The monoisotopic (exact) mass is 377 g/mol. The number of fused-ring (bicyclic) bond motifs is 1. The second kappa shape index (κ2) is 7.76. The number of benzene rings is 2. The van der Waals surface area contributed by atoms with Crippen molar-refractivity contribution in [3.8, 4) is 11.5 Å². The maximum Gasteiger partial charge on any atom is 0.227 e. The molecule has 28 heavy (non-hydrogen) atoms. The molecule has 0 saturated heterocycles. The lowest BCUT2D eigenvalue weighted by Crippen LogP contribution is -2.40. The van der Waals surface area contributed by atoms with Gasteiger partial charge in [-0.1, -0.05) is 30.3 Å². The van der Waals surface area contributed by atoms with Crippen LogP contribution in [-0.2, 0) is 18.3 Å². The normalized spacial score (nSPS) is 16.6. The molecule has 0 aliphatic carbocycles. The minimum Gasteiger partial charge on any atom is -0.497 e. The third-order valence-electron chi connectivity index (χ3n) is 5.10. The molecule has 6 heteroatoms. The van der Waals surface area contributed by atoms with Gasteiger partial charge in [-0.2, -0.15) is 0 Å². The van der Waals surface area contributed by atoms with Crippen LogP contribution in [0.2, 0.25) is 0 Å². The van der Waals surface area contributed by atoms with E-state index in [-0.39, 0.29) is 17.9 Å². The number of carbonyl (C=O) groups is 1. The molecule has 1 N–H and O–H groups in total. The van der Waals surface area contributed by atoms with E-state index in [1.165, 1.54) is 0 Å². The summed E-state index contributed by atoms with van der Waals surface area (Å²) >= 11 is 0. The number of hydrogen-bond donors (Lipinski definition) is 1. The highest BCUT2D eigenvalue weighted by molar-refractivity contribution is 5.80. The number of nitrogens with one attached hydrogen (secondary N) is 1. The van der Waals surface area contributed by atoms with Crippen molar-refractivity contribution in [3.05, 3.63) is 77.9 Å². The summed E-state index contributed by atoms with van der Waals surface area (Å²) in [7, 11) is 3.55. The molecule has 6 nitrogen and oxygen atoms in total. The minimum atomic E-state index is -0.351. The largest absolute Gasteiger partial charge is 0.497 e. The number of rotatable bonds is 5. The summed E-state index contributed by atoms with van der Waals surface area (Å²) in [6.45, 7) is 0.374. The Hall–Kier alpha value is -3.28. The van der Waals surface area contributed by atoms with Crippen molar-refractivity contribution in [2.45, 2.75) is 12.5 Å². The Morgan fingerprint density at radius 2 is 2.04 bits per heavy atom. The van der Waals surface area contributed by atoms with Crippen LogP contribution in [0.3, 0.4) is 0 Å². The zero-order chi connectivity index (χ0) is 19.5. The molecular formula is C22H23N3O3. The van der Waals surface area contributed by atoms with Crippen LogP contribution in [0.25, 0.3) is 0 Å². The first-order valence-electron chi connectivity index (χ1n) is 9.28. The van der Waals surface area contributed by atoms with Crippen molar-refractivity contribution in [3.63, 3.8) is 0 Å². The standard InChI is InChI=1S/C22H23N3O3/c1-25-12-11-23-21(25)20(15-7-9-18(27-2)10-8-15)24-22(26)17-13-16-5-3-4-6-19(16)28-14-17/h3-12,17,20H,13-14H2,1-2H3,(H,24,26)/t17-,20+/m1/s1. The van der Waals surface area contributed by atoms with E-state index in [0.29, 0.717) is 13.0 Å². The summed E-state index contributed by atoms with van der Waals surface area (Å²) in [5.74, 6) is 2.12. The van der Waals surface area contributed by atoms with Gasteiger partial charge in [0, 0.05) is 19.4 Å². The Morgan fingerprint density at radius 1 is 1.25 bits per heavy atom. The molecule has 1 amide bonds. The highest BCUT2D eigenvalue weighted by Crippen LogP contribution is 2.28. The lowest BCUT2D eigenvalue weighted by atomic mass is 9.95. The van der Waals surface area contributed by atoms with Gasteiger partial charge in [-0.25, -0.2) is 4.98 Å². The second-order valence-electron chi connectivity index (χ2n) is 6.93. The van der Waals surface area contributed by atoms with E-state index in [1.807, 2.05) is 66.3 Å². The maximum absolute atomic E-state index is 13.1. The Morgan fingerprint density at radius 3 is 2.75 bits per heavy atom. The van der Waals surface area contributed by atoms with Crippen LogP contribution in [0.15, 0.2) is 60.9 Å². The number of nitrogens with zero attached hydrogens (tertiary/aromatic N) is 2. The first-order chi connectivity index (χ1) is 13.7. The third kappa shape index (κ3) is 3.58. The van der Waals surface area contributed by atoms with Crippen LogP contribution in [-0.4, -0.2) is 29.2 Å². The molecule has 2 aromatic carbocycles. The number of para-hydroxylation sites is 1. The smallest absolute Gasteiger partial charge is 0.227 e. The number of methoxy groups -OCH3 is 1. The average molecular weight is 377 g/mol. The Labute approximate surface area is 164 Å². The highest BCUT2D eigenvalue weighted by atomic mass is 16.5. The Balaban J connectivity index is 1.57. The van der Waals surface area contributed by atoms with Crippen molar-refractivity contribution in [2.24, 2.45) is 13.0 Å². The number of imidazole rings is 1. The molecule has 0 saturated carbocycles. The van der Waals surface area contributed by atoms with Crippen LogP contribution < -0.4 is 14.8 Å². The molecule has 0 bridgehead atoms. The minimum absolute atomic E-state index is 0.0432. The van der Waals surface area contributed by atoms with Gasteiger partial charge in [-0.05, 0) is 35.7 Å². The van der Waals surface area contributed by atoms with Crippen LogP contribution in [0, 0.1) is 5.92 Å². The first-order valence-corrected chi connectivity index (χ1v) is 9.28. The van der Waals surface area contributed by atoms with Crippen molar-refractivity contribution in [1.82, 2.24) is 14.9 Å². The van der Waals surface area contributed by atoms with Gasteiger partial charge in [0.25, 0.3) is 0 Å². The summed E-state index contributed by atoms with van der Waals surface area (Å²) in [4.78, 5) is 17.5. The molecule has 1 aromatic heterocycles. The molecule has 0 unspecified atom stereocenters. The van der Waals surface area contributed by atoms with E-state index >= 15 is 0 Å². The predicted molar refractivity (Wildman–Crippen MR) is 105 cm³/mol. The quantitative estimate of drug-likeness (QED) is 0.743. The number of carbonyl (C=O) groups excluding carboxylic acids is 1. The number of aromatic nitrogens is 2. The lowest BCUT2D eigenvalue weighted by molar-refractivity contribution is -0.126. The van der Waals surface area contributed by atoms with E-state index < -0.39 is 0 Å². The summed E-state index contributed by atoms with van der Waals surface area (Å²) in [5.41, 5.74) is 2.01. The molecular weight excluding hydrogens is 354 g/mol. The fraction of sp³-hybridized carbons (Fsp3) is 0.273. The van der Waals surface area contributed by atoms with E-state index in [4.69, 9.17) is 9.47 Å². The average Bonchev–Trinajstić information content (AvgIpc) is 3.17. The van der Waals surface area contributed by atoms with Gasteiger partial charge in [0.05, 0.1) is 13.0 Å². The Kier molecular flexibility index (Phi) is 5.02. The van der Waals surface area contributed by atoms with Crippen LogP contribution in [0.5, 0.6) is 11.5 Å². The van der Waals surface area contributed by atoms with Crippen molar-refractivity contribution < 1.29 is 14.3 Å². The first kappa shape index (κ1) is 18.1. The summed E-state index contributed by atoms with van der Waals surface area (Å²) in [6, 6.07) is 15.2. The predicted octanol–water partition coefficient (Wildman–Crippen LogP) is 2.89. The van der Waals surface area contributed by atoms with Gasteiger partial charge in [0.1, 0.15) is 30.0 Å². The summed E-state index contributed by atoms with van der Waals surface area (Å²) in [5, 5.41) is 3.17. The molecule has 2 heterocycles. The fourth-order valence-corrected chi connectivity index (χ4v) is 3.51. The summed E-state index contributed by atoms with van der Waals surface area (Å²) < 4.78 is 13.0. The molecule has 1 aliphatic rings. The Bertz CT molecular complexity index is 965. The van der Waals surface area contributed by atoms with Crippen LogP contribution >= 0.6 is 0 Å².